The molecule has 1 aromatic carbocycles. The molecule has 0 spiro atoms. The van der Waals surface area contributed by atoms with Crippen LogP contribution in [0.4, 0.5) is 0 Å². The van der Waals surface area contributed by atoms with Crippen LogP contribution in [0.2, 0.25) is 0 Å². The van der Waals surface area contributed by atoms with Gasteiger partial charge in [-0.15, -0.1) is 0 Å². The van der Waals surface area contributed by atoms with Crippen LogP contribution in [0.5, 0.6) is 0 Å². The number of aromatic amines is 1. The molecule has 2 nitrogen and oxygen atoms in total. The Labute approximate surface area is 89.3 Å². The smallest absolute Gasteiger partial charge is 0.0568 e. The fourth-order valence-corrected chi connectivity index (χ4v) is 2.15. The van der Waals surface area contributed by atoms with E-state index < -0.39 is 0 Å². The van der Waals surface area contributed by atoms with Crippen molar-refractivity contribution in [3.8, 4) is 11.1 Å². The molecule has 1 heterocycles. The zero-order chi connectivity index (χ0) is 10.1. The third-order valence-electron chi connectivity index (χ3n) is 3.27. The molecule has 1 fully saturated rings. The van der Waals surface area contributed by atoms with E-state index >= 15 is 0 Å². The predicted octanol–water partition coefficient (Wildman–Crippen LogP) is 3.34. The van der Waals surface area contributed by atoms with Gasteiger partial charge in [-0.3, -0.25) is 5.10 Å². The highest BCUT2D eigenvalue weighted by molar-refractivity contribution is 5.65. The molecule has 76 valence electrons. The van der Waals surface area contributed by atoms with Crippen molar-refractivity contribution >= 4 is 0 Å². The van der Waals surface area contributed by atoms with Crippen LogP contribution in [0, 0.1) is 0 Å². The summed E-state index contributed by atoms with van der Waals surface area (Å²) in [5, 5.41) is 7.33. The monoisotopic (exact) mass is 198 g/mol. The first-order valence-electron chi connectivity index (χ1n) is 5.54. The molecule has 0 atom stereocenters. The lowest BCUT2D eigenvalue weighted by Crippen LogP contribution is -2.10. The lowest BCUT2D eigenvalue weighted by atomic mass is 9.81. The molecule has 1 aliphatic carbocycles. The fourth-order valence-electron chi connectivity index (χ4n) is 2.15. The van der Waals surface area contributed by atoms with E-state index in [-0.39, 0.29) is 0 Å². The van der Waals surface area contributed by atoms with Crippen molar-refractivity contribution in [3.05, 3.63) is 42.2 Å². The largest absolute Gasteiger partial charge is 0.282 e. The second-order valence-corrected chi connectivity index (χ2v) is 4.19. The average Bonchev–Trinajstić information content (AvgIpc) is 2.65. The molecule has 0 saturated heterocycles. The van der Waals surface area contributed by atoms with Gasteiger partial charge in [0.15, 0.2) is 0 Å². The maximum Gasteiger partial charge on any atom is 0.0568 e. The molecule has 3 rings (SSSR count). The summed E-state index contributed by atoms with van der Waals surface area (Å²) in [7, 11) is 0. The molecule has 1 saturated carbocycles. The van der Waals surface area contributed by atoms with Crippen LogP contribution in [0.1, 0.15) is 30.9 Å². The second-order valence-electron chi connectivity index (χ2n) is 4.19. The molecule has 0 aliphatic heterocycles. The van der Waals surface area contributed by atoms with Gasteiger partial charge in [0.1, 0.15) is 0 Å². The van der Waals surface area contributed by atoms with Gasteiger partial charge in [0.25, 0.3) is 0 Å². The zero-order valence-electron chi connectivity index (χ0n) is 8.61. The molecule has 1 aromatic heterocycles. The van der Waals surface area contributed by atoms with E-state index in [1.807, 2.05) is 12.3 Å². The summed E-state index contributed by atoms with van der Waals surface area (Å²) in [6.07, 6.45) is 5.92. The zero-order valence-corrected chi connectivity index (χ0v) is 8.61. The minimum absolute atomic E-state index is 0.711. The second kappa shape index (κ2) is 3.54. The molecule has 0 unspecified atom stereocenters. The Balaban J connectivity index is 2.01. The standard InChI is InChI=1S/C13H14N2/c1-2-5-10(6-3-1)12-9-14-15-13(12)11-7-4-8-11/h1-3,5-6,9,11H,4,7-8H2,(H,14,15). The van der Waals surface area contributed by atoms with Crippen LogP contribution in [-0.4, -0.2) is 10.2 Å². The van der Waals surface area contributed by atoms with E-state index in [4.69, 9.17) is 0 Å². The van der Waals surface area contributed by atoms with Gasteiger partial charge in [0.05, 0.1) is 6.20 Å². The molecule has 2 heteroatoms. The van der Waals surface area contributed by atoms with Crippen LogP contribution in [-0.2, 0) is 0 Å². The highest BCUT2D eigenvalue weighted by atomic mass is 15.1. The van der Waals surface area contributed by atoms with Gasteiger partial charge >= 0.3 is 0 Å². The van der Waals surface area contributed by atoms with E-state index in [9.17, 15) is 0 Å². The quantitative estimate of drug-likeness (QED) is 0.787. The van der Waals surface area contributed by atoms with E-state index in [1.165, 1.54) is 36.1 Å². The summed E-state index contributed by atoms with van der Waals surface area (Å²) in [4.78, 5) is 0. The normalized spacial score (nSPS) is 16.3. The number of rotatable bonds is 2. The van der Waals surface area contributed by atoms with Crippen molar-refractivity contribution in [3.63, 3.8) is 0 Å². The summed E-state index contributed by atoms with van der Waals surface area (Å²) in [6, 6.07) is 10.5. The van der Waals surface area contributed by atoms with Crippen molar-refractivity contribution in [2.75, 3.05) is 0 Å². The SMILES string of the molecule is c1ccc(-c2cn[nH]c2C2CCC2)cc1. The van der Waals surface area contributed by atoms with Crippen molar-refractivity contribution in [2.24, 2.45) is 0 Å². The fraction of sp³-hybridized carbons (Fsp3) is 0.308. The van der Waals surface area contributed by atoms with Crippen molar-refractivity contribution in [2.45, 2.75) is 25.2 Å². The molecule has 1 N–H and O–H groups in total. The van der Waals surface area contributed by atoms with Gasteiger partial charge in [0.2, 0.25) is 0 Å². The number of H-pyrrole nitrogens is 1. The Morgan fingerprint density at radius 2 is 1.93 bits per heavy atom. The molecule has 2 aromatic rings. The molecule has 0 radical (unpaired) electrons. The molecule has 0 amide bonds. The van der Waals surface area contributed by atoms with Crippen LogP contribution in [0.15, 0.2) is 36.5 Å². The highest BCUT2D eigenvalue weighted by Crippen LogP contribution is 2.39. The molecular weight excluding hydrogens is 184 g/mol. The Morgan fingerprint density at radius 3 is 2.60 bits per heavy atom. The van der Waals surface area contributed by atoms with Gasteiger partial charge in [0, 0.05) is 17.2 Å². The van der Waals surface area contributed by atoms with E-state index in [0.717, 1.165) is 0 Å². The predicted molar refractivity (Wildman–Crippen MR) is 60.6 cm³/mol. The summed E-state index contributed by atoms with van der Waals surface area (Å²) in [5.74, 6) is 0.711. The van der Waals surface area contributed by atoms with E-state index in [2.05, 4.69) is 34.5 Å². The molecule has 0 bridgehead atoms. The number of aromatic nitrogens is 2. The topological polar surface area (TPSA) is 28.7 Å². The summed E-state index contributed by atoms with van der Waals surface area (Å²) >= 11 is 0. The first kappa shape index (κ1) is 8.72. The maximum atomic E-state index is 4.18. The lowest BCUT2D eigenvalue weighted by molar-refractivity contribution is 0.411. The first-order chi connectivity index (χ1) is 7.45. The Kier molecular flexibility index (Phi) is 2.05. The Morgan fingerprint density at radius 1 is 1.13 bits per heavy atom. The van der Waals surface area contributed by atoms with E-state index in [0.29, 0.717) is 5.92 Å². The van der Waals surface area contributed by atoms with Gasteiger partial charge < -0.3 is 0 Å². The molecular formula is C13H14N2. The third-order valence-corrected chi connectivity index (χ3v) is 3.27. The van der Waals surface area contributed by atoms with Crippen LogP contribution in [0.25, 0.3) is 11.1 Å². The van der Waals surface area contributed by atoms with Crippen molar-refractivity contribution in [1.29, 1.82) is 0 Å². The first-order valence-corrected chi connectivity index (χ1v) is 5.54. The number of hydrogen-bond acceptors (Lipinski definition) is 1. The summed E-state index contributed by atoms with van der Waals surface area (Å²) in [5.41, 5.74) is 3.88. The minimum atomic E-state index is 0.711. The lowest BCUT2D eigenvalue weighted by Gasteiger charge is -2.25. The van der Waals surface area contributed by atoms with Crippen LogP contribution >= 0.6 is 0 Å². The number of nitrogens with one attached hydrogen (secondary N) is 1. The maximum absolute atomic E-state index is 4.18. The Hall–Kier alpha value is -1.57. The van der Waals surface area contributed by atoms with Crippen molar-refractivity contribution < 1.29 is 0 Å². The summed E-state index contributed by atoms with van der Waals surface area (Å²) < 4.78 is 0. The number of hydrogen-bond donors (Lipinski definition) is 1. The average molecular weight is 198 g/mol. The number of nitrogens with zero attached hydrogens (tertiary/aromatic N) is 1. The van der Waals surface area contributed by atoms with Crippen LogP contribution < -0.4 is 0 Å². The molecule has 1 aliphatic rings. The van der Waals surface area contributed by atoms with Crippen molar-refractivity contribution in [1.82, 2.24) is 10.2 Å². The van der Waals surface area contributed by atoms with Crippen LogP contribution in [0.3, 0.4) is 0 Å². The molecule has 15 heavy (non-hydrogen) atoms. The van der Waals surface area contributed by atoms with Gasteiger partial charge in [-0.05, 0) is 18.4 Å². The number of benzene rings is 1. The Bertz CT molecular complexity index is 441. The summed E-state index contributed by atoms with van der Waals surface area (Å²) in [6.45, 7) is 0. The van der Waals surface area contributed by atoms with Gasteiger partial charge in [-0.1, -0.05) is 36.8 Å². The van der Waals surface area contributed by atoms with Gasteiger partial charge in [-0.25, -0.2) is 0 Å². The minimum Gasteiger partial charge on any atom is -0.282 e. The van der Waals surface area contributed by atoms with Gasteiger partial charge in [-0.2, -0.15) is 5.10 Å². The highest BCUT2D eigenvalue weighted by Gasteiger charge is 2.23. The van der Waals surface area contributed by atoms with E-state index in [1.54, 1.807) is 0 Å². The third kappa shape index (κ3) is 1.46.